The highest BCUT2D eigenvalue weighted by Crippen LogP contribution is 2.36. The molecule has 1 fully saturated rings. The first-order chi connectivity index (χ1) is 33.8. The molecule has 0 bridgehead atoms. The highest BCUT2D eigenvalue weighted by Gasteiger charge is 2.13. The molecule has 7 heteroatoms. The Morgan fingerprint density at radius 3 is 1.22 bits per heavy atom. The van der Waals surface area contributed by atoms with E-state index >= 15 is 0 Å². The Hall–Kier alpha value is -6.90. The standard InChI is InChI=1S/C20H16O.C13H9BrO.C13H10O.C12H7BrO.C4H8O/c1-14-7-5-11-17-18-12-6-10-16(20(18)21-19(14)17)13-15-8-3-2-4-9-15;1-8-4-2-5-9-10-6-3-7-11(14)13(10)15-12(8)9;1-9-5-4-7-11-10-6-2-3-8-12(10)14-13(9)11;13-10-6-3-5-9-8-4-1-2-7-11(8)14-12(9)10;1-2-4-5-3-1/h2-12H,13H2,1H3;2-7H,1H3;2-8H,1H3;1-7H;1-4H2. The third-order valence-corrected chi connectivity index (χ3v) is 13.7. The Morgan fingerprint density at radius 1 is 0.333 bits per heavy atom. The second kappa shape index (κ2) is 20.8. The van der Waals surface area contributed by atoms with Crippen LogP contribution in [0.4, 0.5) is 0 Å². The normalized spacial score (nSPS) is 12.2. The van der Waals surface area contributed by atoms with Gasteiger partial charge in [-0.1, -0.05) is 164 Å². The first kappa shape index (κ1) is 45.9. The summed E-state index contributed by atoms with van der Waals surface area (Å²) in [4.78, 5) is 0. The summed E-state index contributed by atoms with van der Waals surface area (Å²) in [5, 5.41) is 9.52. The topological polar surface area (TPSA) is 61.8 Å². The molecule has 4 aromatic heterocycles. The Morgan fingerprint density at radius 2 is 0.696 bits per heavy atom. The first-order valence-electron chi connectivity index (χ1n) is 23.3. The minimum atomic E-state index is 0.900. The summed E-state index contributed by atoms with van der Waals surface area (Å²) in [6.45, 7) is 8.24. The van der Waals surface area contributed by atoms with Crippen LogP contribution in [0.1, 0.15) is 40.7 Å². The van der Waals surface area contributed by atoms with Crippen LogP contribution in [0.15, 0.2) is 215 Å². The predicted octanol–water partition coefficient (Wildman–Crippen LogP) is 19.2. The zero-order valence-electron chi connectivity index (χ0n) is 38.7. The number of aryl methyl sites for hydroxylation is 3. The fourth-order valence-corrected chi connectivity index (χ4v) is 9.91. The SMILES string of the molecule is Brc1cccc2c1oc1ccccc12.C1CCOC1.Cc1cccc2c1oc1c(Br)cccc12.Cc1cccc2c1oc1c(Cc3ccccc3)cccc12.Cc1cccc2c1oc1ccccc12. The van der Waals surface area contributed by atoms with Crippen LogP contribution < -0.4 is 0 Å². The van der Waals surface area contributed by atoms with E-state index < -0.39 is 0 Å². The van der Waals surface area contributed by atoms with Gasteiger partial charge in [-0.2, -0.15) is 0 Å². The molecule has 1 saturated heterocycles. The number of para-hydroxylation sites is 8. The number of halogens is 2. The maximum atomic E-state index is 6.19. The van der Waals surface area contributed by atoms with Gasteiger partial charge in [0.05, 0.1) is 8.95 Å². The molecule has 342 valence electrons. The second-order valence-electron chi connectivity index (χ2n) is 17.3. The number of benzene rings is 9. The molecule has 0 atom stereocenters. The van der Waals surface area contributed by atoms with Gasteiger partial charge in [-0.15, -0.1) is 0 Å². The van der Waals surface area contributed by atoms with Crippen LogP contribution in [0.25, 0.3) is 87.8 Å². The molecule has 9 aromatic carbocycles. The molecule has 0 spiro atoms. The average molecular weight is 1030 g/mol. The Kier molecular flexibility index (Phi) is 13.8. The minimum absolute atomic E-state index is 0.900. The molecular weight excluding hydrogens is 984 g/mol. The number of rotatable bonds is 2. The molecule has 1 aliphatic heterocycles. The van der Waals surface area contributed by atoms with Crippen molar-refractivity contribution in [3.63, 3.8) is 0 Å². The van der Waals surface area contributed by atoms with Crippen molar-refractivity contribution in [1.29, 1.82) is 0 Å². The third kappa shape index (κ3) is 9.73. The van der Waals surface area contributed by atoms with Crippen molar-refractivity contribution >= 4 is 120 Å². The van der Waals surface area contributed by atoms with Gasteiger partial charge in [0.1, 0.15) is 44.7 Å². The van der Waals surface area contributed by atoms with Gasteiger partial charge in [0.25, 0.3) is 0 Å². The van der Waals surface area contributed by atoms with Gasteiger partial charge in [0.2, 0.25) is 0 Å². The Bertz CT molecular complexity index is 3690. The van der Waals surface area contributed by atoms with E-state index in [4.69, 9.17) is 22.4 Å². The largest absolute Gasteiger partial charge is 0.456 e. The fourth-order valence-electron chi connectivity index (χ4n) is 9.01. The molecule has 0 saturated carbocycles. The molecular formula is C62H50Br2O5. The lowest BCUT2D eigenvalue weighted by atomic mass is 10.0. The second-order valence-corrected chi connectivity index (χ2v) is 19.0. The summed E-state index contributed by atoms with van der Waals surface area (Å²) in [7, 11) is 0. The van der Waals surface area contributed by atoms with Gasteiger partial charge in [-0.05, 0) is 118 Å². The molecule has 1 aliphatic rings. The van der Waals surface area contributed by atoms with Crippen LogP contribution in [-0.4, -0.2) is 13.2 Å². The quantitative estimate of drug-likeness (QED) is 0.173. The smallest absolute Gasteiger partial charge is 0.149 e. The van der Waals surface area contributed by atoms with Crippen molar-refractivity contribution in [2.24, 2.45) is 0 Å². The Balaban J connectivity index is 0.000000105. The Labute approximate surface area is 417 Å². The van der Waals surface area contributed by atoms with Crippen molar-refractivity contribution in [2.75, 3.05) is 13.2 Å². The highest BCUT2D eigenvalue weighted by molar-refractivity contribution is 9.11. The number of hydrogen-bond acceptors (Lipinski definition) is 5. The van der Waals surface area contributed by atoms with Crippen LogP contribution >= 0.6 is 31.9 Å². The number of hydrogen-bond donors (Lipinski definition) is 0. The number of fused-ring (bicyclic) bond motifs is 12. The van der Waals surface area contributed by atoms with E-state index in [2.05, 4.69) is 180 Å². The van der Waals surface area contributed by atoms with E-state index in [9.17, 15) is 0 Å². The van der Waals surface area contributed by atoms with Crippen molar-refractivity contribution in [1.82, 2.24) is 0 Å². The third-order valence-electron chi connectivity index (χ3n) is 12.5. The van der Waals surface area contributed by atoms with Crippen LogP contribution in [0.3, 0.4) is 0 Å². The summed E-state index contributed by atoms with van der Waals surface area (Å²) in [6.07, 6.45) is 3.46. The van der Waals surface area contributed by atoms with Gasteiger partial charge >= 0.3 is 0 Å². The lowest BCUT2D eigenvalue weighted by molar-refractivity contribution is 0.198. The van der Waals surface area contributed by atoms with Crippen LogP contribution in [0.2, 0.25) is 0 Å². The van der Waals surface area contributed by atoms with Gasteiger partial charge in [0, 0.05) is 62.7 Å². The molecule has 5 nitrogen and oxygen atoms in total. The molecule has 0 radical (unpaired) electrons. The summed E-state index contributed by atoms with van der Waals surface area (Å²) in [6, 6.07) is 64.2. The van der Waals surface area contributed by atoms with Crippen LogP contribution in [-0.2, 0) is 11.2 Å². The molecule has 0 amide bonds. The number of ether oxygens (including phenoxy) is 1. The highest BCUT2D eigenvalue weighted by atomic mass is 79.9. The molecule has 5 heterocycles. The zero-order valence-corrected chi connectivity index (χ0v) is 41.9. The van der Waals surface area contributed by atoms with E-state index in [0.717, 1.165) is 78.6 Å². The maximum Gasteiger partial charge on any atom is 0.149 e. The van der Waals surface area contributed by atoms with E-state index in [1.54, 1.807) is 0 Å². The molecule has 14 rings (SSSR count). The predicted molar refractivity (Wildman–Crippen MR) is 294 cm³/mol. The van der Waals surface area contributed by atoms with E-state index in [-0.39, 0.29) is 0 Å². The van der Waals surface area contributed by atoms with E-state index in [0.29, 0.717) is 0 Å². The average Bonchev–Trinajstić information content (AvgIpc) is 4.24. The monoisotopic (exact) mass is 1030 g/mol. The van der Waals surface area contributed by atoms with Gasteiger partial charge in [-0.25, -0.2) is 0 Å². The van der Waals surface area contributed by atoms with Crippen molar-refractivity contribution in [3.05, 3.63) is 225 Å². The summed E-state index contributed by atoms with van der Waals surface area (Å²) < 4.78 is 30.5. The van der Waals surface area contributed by atoms with Crippen molar-refractivity contribution < 1.29 is 22.4 Å². The molecule has 0 unspecified atom stereocenters. The summed E-state index contributed by atoms with van der Waals surface area (Å²) in [5.74, 6) is 0. The molecule has 13 aromatic rings. The fraction of sp³-hybridized carbons (Fsp3) is 0.129. The summed E-state index contributed by atoms with van der Waals surface area (Å²) >= 11 is 6.99. The van der Waals surface area contributed by atoms with Gasteiger partial charge in [-0.3, -0.25) is 0 Å². The summed E-state index contributed by atoms with van der Waals surface area (Å²) in [5.41, 5.74) is 13.9. The van der Waals surface area contributed by atoms with Gasteiger partial charge in [0.15, 0.2) is 0 Å². The first-order valence-corrected chi connectivity index (χ1v) is 24.9. The lowest BCUT2D eigenvalue weighted by Crippen LogP contribution is -1.87. The lowest BCUT2D eigenvalue weighted by Gasteiger charge is -2.02. The molecule has 0 aliphatic carbocycles. The van der Waals surface area contributed by atoms with Crippen molar-refractivity contribution in [2.45, 2.75) is 40.0 Å². The van der Waals surface area contributed by atoms with E-state index in [1.165, 1.54) is 78.4 Å². The van der Waals surface area contributed by atoms with Crippen LogP contribution in [0, 0.1) is 20.8 Å². The minimum Gasteiger partial charge on any atom is -0.456 e. The van der Waals surface area contributed by atoms with Gasteiger partial charge < -0.3 is 22.4 Å². The number of furan rings is 4. The maximum absolute atomic E-state index is 6.19. The van der Waals surface area contributed by atoms with Crippen LogP contribution in [0.5, 0.6) is 0 Å². The zero-order chi connectivity index (χ0) is 47.3. The van der Waals surface area contributed by atoms with Crippen molar-refractivity contribution in [3.8, 4) is 0 Å². The molecule has 69 heavy (non-hydrogen) atoms. The molecule has 0 N–H and O–H groups in total. The van der Waals surface area contributed by atoms with E-state index in [1.807, 2.05) is 60.7 Å².